The number of carboxylic acids is 1. The highest BCUT2D eigenvalue weighted by Crippen LogP contribution is 2.26. The normalized spacial score (nSPS) is 12.8. The number of carbonyl (C=O) groups is 2. The third-order valence-electron chi connectivity index (χ3n) is 3.35. The summed E-state index contributed by atoms with van der Waals surface area (Å²) >= 11 is 0. The molecule has 1 atom stereocenters. The maximum atomic E-state index is 10.8. The molecule has 5 nitrogen and oxygen atoms in total. The summed E-state index contributed by atoms with van der Waals surface area (Å²) in [7, 11) is 0. The third kappa shape index (κ3) is 5.60. The van der Waals surface area contributed by atoms with Gasteiger partial charge in [-0.3, -0.25) is 4.79 Å². The number of aromatic hydroxyl groups is 1. The van der Waals surface area contributed by atoms with Crippen molar-refractivity contribution in [3.63, 3.8) is 0 Å². The first-order valence-electron chi connectivity index (χ1n) is 7.18. The van der Waals surface area contributed by atoms with Gasteiger partial charge in [0.15, 0.2) is 0 Å². The van der Waals surface area contributed by atoms with Gasteiger partial charge in [-0.1, -0.05) is 19.1 Å². The molecule has 0 bridgehead atoms. The van der Waals surface area contributed by atoms with Crippen molar-refractivity contribution in [1.82, 2.24) is 0 Å². The second-order valence-corrected chi connectivity index (χ2v) is 5.41. The highest BCUT2D eigenvalue weighted by molar-refractivity contribution is 5.89. The van der Waals surface area contributed by atoms with E-state index in [1.807, 2.05) is 19.9 Å². The molecule has 0 fully saturated rings. The van der Waals surface area contributed by atoms with Gasteiger partial charge in [-0.15, -0.1) is 0 Å². The maximum absolute atomic E-state index is 10.8. The van der Waals surface area contributed by atoms with Crippen LogP contribution in [0.25, 0.3) is 5.57 Å². The van der Waals surface area contributed by atoms with Crippen molar-refractivity contribution < 1.29 is 24.5 Å². The fraction of sp³-hybridized carbons (Fsp3) is 0.412. The lowest BCUT2D eigenvalue weighted by molar-refractivity contribution is -0.142. The zero-order chi connectivity index (χ0) is 16.7. The molecule has 0 amide bonds. The molecular weight excluding hydrogens is 284 g/mol. The molecule has 22 heavy (non-hydrogen) atoms. The number of carboxylic acid groups (broad SMARTS) is 1. The Hall–Kier alpha value is -2.30. The summed E-state index contributed by atoms with van der Waals surface area (Å²) in [5.74, 6) is -1.12. The zero-order valence-electron chi connectivity index (χ0n) is 13.1. The average Bonchev–Trinajstić information content (AvgIpc) is 2.44. The Balaban J connectivity index is 2.62. The van der Waals surface area contributed by atoms with E-state index in [1.54, 1.807) is 6.07 Å². The molecule has 0 spiro atoms. The van der Waals surface area contributed by atoms with Crippen molar-refractivity contribution in [3.05, 3.63) is 35.4 Å². The quantitative estimate of drug-likeness (QED) is 0.753. The second-order valence-electron chi connectivity index (χ2n) is 5.41. The summed E-state index contributed by atoms with van der Waals surface area (Å²) in [6, 6.07) is 4.32. The monoisotopic (exact) mass is 306 g/mol. The van der Waals surface area contributed by atoms with E-state index in [0.29, 0.717) is 12.2 Å². The first-order valence-corrected chi connectivity index (χ1v) is 7.18. The molecule has 0 aliphatic carbocycles. The number of aromatic carboxylic acids is 1. The van der Waals surface area contributed by atoms with Gasteiger partial charge in [0.2, 0.25) is 0 Å². The highest BCUT2D eigenvalue weighted by atomic mass is 16.5. The summed E-state index contributed by atoms with van der Waals surface area (Å²) in [5, 5.41) is 18.8. The van der Waals surface area contributed by atoms with Gasteiger partial charge >= 0.3 is 11.9 Å². The van der Waals surface area contributed by atoms with Crippen molar-refractivity contribution in [2.45, 2.75) is 33.6 Å². The molecule has 0 heterocycles. The van der Waals surface area contributed by atoms with Crippen molar-refractivity contribution in [3.8, 4) is 5.75 Å². The minimum Gasteiger partial charge on any atom is -0.507 e. The van der Waals surface area contributed by atoms with Gasteiger partial charge in [-0.2, -0.15) is 0 Å². The average molecular weight is 306 g/mol. The van der Waals surface area contributed by atoms with Gasteiger partial charge in [0.25, 0.3) is 0 Å². The van der Waals surface area contributed by atoms with E-state index < -0.39 is 5.97 Å². The lowest BCUT2D eigenvalue weighted by Gasteiger charge is -2.10. The Morgan fingerprint density at radius 1 is 1.32 bits per heavy atom. The van der Waals surface area contributed by atoms with Gasteiger partial charge in [-0.05, 0) is 43.4 Å². The molecule has 1 aromatic carbocycles. The molecule has 0 aliphatic rings. The van der Waals surface area contributed by atoms with Gasteiger partial charge in [0.1, 0.15) is 5.75 Å². The summed E-state index contributed by atoms with van der Waals surface area (Å²) in [4.78, 5) is 21.6. The zero-order valence-corrected chi connectivity index (χ0v) is 13.1. The number of hydrogen-bond acceptors (Lipinski definition) is 4. The number of carbonyl (C=O) groups excluding carboxylic acids is 1. The van der Waals surface area contributed by atoms with E-state index in [2.05, 4.69) is 0 Å². The summed E-state index contributed by atoms with van der Waals surface area (Å²) in [5.41, 5.74) is 1.57. The smallest absolute Gasteiger partial charge is 0.335 e. The van der Waals surface area contributed by atoms with Crippen LogP contribution in [0.3, 0.4) is 0 Å². The van der Waals surface area contributed by atoms with Crippen molar-refractivity contribution in [2.24, 2.45) is 5.92 Å². The van der Waals surface area contributed by atoms with Crippen LogP contribution in [-0.2, 0) is 9.53 Å². The molecule has 0 unspecified atom stereocenters. The molecule has 0 radical (unpaired) electrons. The van der Waals surface area contributed by atoms with Crippen molar-refractivity contribution >= 4 is 17.5 Å². The van der Waals surface area contributed by atoms with Gasteiger partial charge in [0, 0.05) is 12.5 Å². The number of rotatable bonds is 7. The van der Waals surface area contributed by atoms with Crippen LogP contribution in [0, 0.1) is 5.92 Å². The molecule has 0 aromatic heterocycles. The number of phenolic OH excluding ortho intramolecular Hbond substituents is 1. The van der Waals surface area contributed by atoms with Gasteiger partial charge in [-0.25, -0.2) is 4.79 Å². The van der Waals surface area contributed by atoms with Gasteiger partial charge in [0.05, 0.1) is 12.2 Å². The van der Waals surface area contributed by atoms with Crippen LogP contribution in [-0.4, -0.2) is 28.8 Å². The molecule has 0 saturated heterocycles. The molecule has 1 rings (SSSR count). The Labute approximate surface area is 130 Å². The van der Waals surface area contributed by atoms with E-state index in [9.17, 15) is 14.7 Å². The van der Waals surface area contributed by atoms with E-state index in [-0.39, 0.29) is 23.2 Å². The van der Waals surface area contributed by atoms with Crippen LogP contribution >= 0.6 is 0 Å². The molecule has 0 aliphatic heterocycles. The standard InChI is InChI=1S/C17H22O5/c1-11(10-22-13(3)18)5-4-6-12(2)15-8-7-14(17(20)21)9-16(15)19/h6-9,11,19H,4-5,10H2,1-3H3,(H,20,21)/b12-6+/t11-/m0/s1. The van der Waals surface area contributed by atoms with Crippen LogP contribution in [0.4, 0.5) is 0 Å². The Morgan fingerprint density at radius 3 is 2.55 bits per heavy atom. The van der Waals surface area contributed by atoms with E-state index in [0.717, 1.165) is 18.4 Å². The Kier molecular flexibility index (Phi) is 6.63. The fourth-order valence-electron chi connectivity index (χ4n) is 2.04. The minimum absolute atomic E-state index is 0.0402. The fourth-order valence-corrected chi connectivity index (χ4v) is 2.04. The number of allylic oxidation sites excluding steroid dienone is 2. The Bertz CT molecular complexity index is 574. The predicted molar refractivity (Wildman–Crippen MR) is 83.7 cm³/mol. The van der Waals surface area contributed by atoms with Crippen LogP contribution in [0.15, 0.2) is 24.3 Å². The predicted octanol–water partition coefficient (Wildman–Crippen LogP) is 3.47. The molecule has 5 heteroatoms. The topological polar surface area (TPSA) is 83.8 Å². The number of hydrogen-bond donors (Lipinski definition) is 2. The first-order chi connectivity index (χ1) is 10.3. The number of phenols is 1. The molecule has 2 N–H and O–H groups in total. The largest absolute Gasteiger partial charge is 0.507 e. The van der Waals surface area contributed by atoms with Crippen molar-refractivity contribution in [2.75, 3.05) is 6.61 Å². The minimum atomic E-state index is -1.07. The van der Waals surface area contributed by atoms with Crippen LogP contribution in [0.1, 0.15) is 49.5 Å². The molecule has 0 saturated carbocycles. The lowest BCUT2D eigenvalue weighted by Crippen LogP contribution is -2.08. The number of ether oxygens (including phenoxy) is 1. The Morgan fingerprint density at radius 2 is 2.00 bits per heavy atom. The molecule has 120 valence electrons. The van der Waals surface area contributed by atoms with Crippen LogP contribution in [0.5, 0.6) is 5.75 Å². The summed E-state index contributed by atoms with van der Waals surface area (Å²) in [6.45, 7) is 5.67. The van der Waals surface area contributed by atoms with Gasteiger partial charge < -0.3 is 14.9 Å². The van der Waals surface area contributed by atoms with E-state index >= 15 is 0 Å². The van der Waals surface area contributed by atoms with Crippen molar-refractivity contribution in [1.29, 1.82) is 0 Å². The lowest BCUT2D eigenvalue weighted by atomic mass is 10.0. The third-order valence-corrected chi connectivity index (χ3v) is 3.35. The van der Waals surface area contributed by atoms with Crippen LogP contribution in [0.2, 0.25) is 0 Å². The number of esters is 1. The van der Waals surface area contributed by atoms with E-state index in [4.69, 9.17) is 9.84 Å². The maximum Gasteiger partial charge on any atom is 0.335 e. The SMILES string of the molecule is CC(=O)OC[C@@H](C)CC/C=C(\C)c1ccc(C(=O)O)cc1O. The van der Waals surface area contributed by atoms with E-state index in [1.165, 1.54) is 19.1 Å². The van der Waals surface area contributed by atoms with Crippen LogP contribution < -0.4 is 0 Å². The second kappa shape index (κ2) is 8.22. The summed E-state index contributed by atoms with van der Waals surface area (Å²) < 4.78 is 4.95. The molecule has 1 aromatic rings. The first kappa shape index (κ1) is 17.8. The number of benzene rings is 1. The highest BCUT2D eigenvalue weighted by Gasteiger charge is 2.09. The molecular formula is C17H22O5. The summed E-state index contributed by atoms with van der Waals surface area (Å²) in [6.07, 6.45) is 3.63.